The molecule has 16 heteroatoms. The lowest BCUT2D eigenvalue weighted by Gasteiger charge is -2.49. The molecule has 64 heavy (non-hydrogen) atoms. The van der Waals surface area contributed by atoms with Crippen molar-refractivity contribution >= 4 is 5.97 Å². The van der Waals surface area contributed by atoms with Gasteiger partial charge < -0.3 is 74.4 Å². The number of aliphatic hydroxyl groups is 9. The summed E-state index contributed by atoms with van der Waals surface area (Å²) in [6, 6.07) is 0. The maximum atomic E-state index is 13.2. The number of hydrogen-bond acceptors (Lipinski definition) is 16. The van der Waals surface area contributed by atoms with E-state index in [1.54, 1.807) is 44.2 Å². The second-order valence-electron chi connectivity index (χ2n) is 18.8. The molecule has 0 radical (unpaired) electrons. The molecule has 0 amide bonds. The van der Waals surface area contributed by atoms with Crippen molar-refractivity contribution in [2.45, 2.75) is 210 Å². The predicted molar refractivity (Wildman–Crippen MR) is 236 cm³/mol. The smallest absolute Gasteiger partial charge is 0.306 e. The Morgan fingerprint density at radius 1 is 0.688 bits per heavy atom. The van der Waals surface area contributed by atoms with Crippen LogP contribution in [0, 0.1) is 23.7 Å². The van der Waals surface area contributed by atoms with Gasteiger partial charge in [-0.2, -0.15) is 0 Å². The summed E-state index contributed by atoms with van der Waals surface area (Å²) >= 11 is 0. The lowest BCUT2D eigenvalue weighted by Crippen LogP contribution is -2.63. The highest BCUT2D eigenvalue weighted by Gasteiger charge is 2.53. The summed E-state index contributed by atoms with van der Waals surface area (Å²) in [6.45, 7) is 14.3. The molecule has 16 nitrogen and oxygen atoms in total. The molecule has 6 unspecified atom stereocenters. The quantitative estimate of drug-likeness (QED) is 0.180. The maximum Gasteiger partial charge on any atom is 0.306 e. The number of fused-ring (bicyclic) bond motifs is 2. The molecule has 21 atom stereocenters. The Balaban J connectivity index is 1.62. The number of hydrogen-bond donors (Lipinski definition) is 9. The molecule has 0 aromatic carbocycles. The molecule has 0 aromatic rings. The number of ether oxygens (including phenoxy) is 6. The zero-order valence-electron chi connectivity index (χ0n) is 38.8. The minimum absolute atomic E-state index is 0.0657. The third-order valence-corrected chi connectivity index (χ3v) is 13.6. The van der Waals surface area contributed by atoms with Crippen LogP contribution < -0.4 is 0 Å². The van der Waals surface area contributed by atoms with Crippen molar-refractivity contribution in [3.63, 3.8) is 0 Å². The number of rotatable bonds is 5. The van der Waals surface area contributed by atoms with Crippen LogP contribution in [0.3, 0.4) is 0 Å². The first-order chi connectivity index (χ1) is 30.1. The highest BCUT2D eigenvalue weighted by molar-refractivity contribution is 5.69. The van der Waals surface area contributed by atoms with Crippen LogP contribution in [0.5, 0.6) is 0 Å². The van der Waals surface area contributed by atoms with Crippen molar-refractivity contribution in [2.75, 3.05) is 0 Å². The number of carbonyl (C=O) groups excluding carboxylic acids is 1. The van der Waals surface area contributed by atoms with Crippen LogP contribution in [0.4, 0.5) is 0 Å². The van der Waals surface area contributed by atoms with Crippen LogP contribution in [-0.4, -0.2) is 155 Å². The Morgan fingerprint density at radius 2 is 1.31 bits per heavy atom. The fraction of sp³-hybridized carbons (Fsp3) is 0.771. The molecule has 0 aromatic heterocycles. The molecule has 3 saturated heterocycles. The normalized spacial score (nSPS) is 49.0. The molecule has 9 N–H and O–H groups in total. The van der Waals surface area contributed by atoms with Crippen molar-refractivity contribution < 1.29 is 79.2 Å². The molecule has 366 valence electrons. The van der Waals surface area contributed by atoms with E-state index in [-0.39, 0.29) is 49.5 Å². The van der Waals surface area contributed by atoms with E-state index in [0.29, 0.717) is 6.42 Å². The van der Waals surface area contributed by atoms with E-state index in [1.807, 2.05) is 65.0 Å². The van der Waals surface area contributed by atoms with E-state index < -0.39 is 128 Å². The van der Waals surface area contributed by atoms with Gasteiger partial charge in [0, 0.05) is 62.2 Å². The van der Waals surface area contributed by atoms with Gasteiger partial charge in [0.1, 0.15) is 17.8 Å². The molecule has 4 rings (SSSR count). The van der Waals surface area contributed by atoms with Crippen LogP contribution in [0.15, 0.2) is 60.8 Å². The van der Waals surface area contributed by atoms with E-state index >= 15 is 0 Å². The third kappa shape index (κ3) is 15.1. The van der Waals surface area contributed by atoms with Gasteiger partial charge in [0.25, 0.3) is 0 Å². The Labute approximate surface area is 378 Å². The van der Waals surface area contributed by atoms with Crippen LogP contribution in [-0.2, 0) is 33.2 Å². The van der Waals surface area contributed by atoms with Crippen molar-refractivity contribution in [1.29, 1.82) is 0 Å². The summed E-state index contributed by atoms with van der Waals surface area (Å²) in [5.74, 6) is -3.97. The highest BCUT2D eigenvalue weighted by atomic mass is 16.7. The van der Waals surface area contributed by atoms with Gasteiger partial charge in [-0.1, -0.05) is 95.4 Å². The molecule has 4 heterocycles. The molecule has 3 fully saturated rings. The molecular weight excluding hydrogens is 833 g/mol. The van der Waals surface area contributed by atoms with Crippen LogP contribution in [0.1, 0.15) is 107 Å². The van der Waals surface area contributed by atoms with E-state index in [4.69, 9.17) is 28.4 Å². The van der Waals surface area contributed by atoms with E-state index in [2.05, 4.69) is 0 Å². The van der Waals surface area contributed by atoms with E-state index in [9.17, 15) is 50.8 Å². The number of esters is 1. The molecule has 2 bridgehead atoms. The summed E-state index contributed by atoms with van der Waals surface area (Å²) in [4.78, 5) is 13.2. The van der Waals surface area contributed by atoms with Crippen LogP contribution in [0.2, 0.25) is 0 Å². The first-order valence-corrected chi connectivity index (χ1v) is 23.1. The molecule has 4 aliphatic rings. The van der Waals surface area contributed by atoms with E-state index in [0.717, 1.165) is 0 Å². The summed E-state index contributed by atoms with van der Waals surface area (Å²) in [5.41, 5.74) is -1.91. The third-order valence-electron chi connectivity index (χ3n) is 13.6. The molecule has 0 spiro atoms. The number of aliphatic hydroxyl groups excluding tert-OH is 7. The zero-order valence-corrected chi connectivity index (χ0v) is 38.8. The Hall–Kier alpha value is -2.39. The van der Waals surface area contributed by atoms with Gasteiger partial charge in [-0.15, -0.1) is 0 Å². The maximum absolute atomic E-state index is 13.2. The average Bonchev–Trinajstić information content (AvgIpc) is 3.22. The van der Waals surface area contributed by atoms with Gasteiger partial charge in [0.15, 0.2) is 18.4 Å². The van der Waals surface area contributed by atoms with Gasteiger partial charge in [-0.05, 0) is 33.6 Å². The lowest BCUT2D eigenvalue weighted by molar-refractivity contribution is -0.340. The SMILES string of the molecule is CCC1OC(=O)CC[C@@H](O)[C@H](O)C[C@H](O)C[C@]2(O)C[C@H](O)[C@](C)(O)C(CC(O[C@@H]3O[C@H](C)[C@@H](O)[C@H](C)[C@@H]3O)/C=C/C=C/C=C/C=C/C=C/C(C)C(O[C@H]3C[C@@H](O)[C@@H](C)[C@H](C)O3)C1C)O2. The van der Waals surface area contributed by atoms with Crippen molar-refractivity contribution in [2.24, 2.45) is 23.7 Å². The average molecular weight is 911 g/mol. The minimum Gasteiger partial charge on any atom is -0.462 e. The van der Waals surface area contributed by atoms with Gasteiger partial charge in [-0.3, -0.25) is 4.79 Å². The summed E-state index contributed by atoms with van der Waals surface area (Å²) in [7, 11) is 0. The van der Waals surface area contributed by atoms with Crippen molar-refractivity contribution in [3.8, 4) is 0 Å². The number of allylic oxidation sites excluding steroid dienone is 8. The monoisotopic (exact) mass is 911 g/mol. The van der Waals surface area contributed by atoms with Crippen molar-refractivity contribution in [3.05, 3.63) is 60.8 Å². The first kappa shape index (κ1) is 54.2. The molecule has 0 aliphatic carbocycles. The van der Waals surface area contributed by atoms with Crippen molar-refractivity contribution in [1.82, 2.24) is 0 Å². The fourth-order valence-electron chi connectivity index (χ4n) is 8.90. The fourth-order valence-corrected chi connectivity index (χ4v) is 8.90. The van der Waals surface area contributed by atoms with Gasteiger partial charge >= 0.3 is 5.97 Å². The van der Waals surface area contributed by atoms with Gasteiger partial charge in [0.05, 0.1) is 67.1 Å². The van der Waals surface area contributed by atoms with Crippen LogP contribution >= 0.6 is 0 Å². The molecular formula is C48H78O16. The number of cyclic esters (lactones) is 1. The van der Waals surface area contributed by atoms with Gasteiger partial charge in [0.2, 0.25) is 0 Å². The first-order valence-electron chi connectivity index (χ1n) is 23.1. The Bertz CT molecular complexity index is 1570. The minimum atomic E-state index is -2.19. The lowest BCUT2D eigenvalue weighted by atomic mass is 9.80. The highest BCUT2D eigenvalue weighted by Crippen LogP contribution is 2.40. The topological polar surface area (TPSA) is 255 Å². The summed E-state index contributed by atoms with van der Waals surface area (Å²) < 4.78 is 36.7. The number of carbonyl (C=O) groups is 1. The van der Waals surface area contributed by atoms with Gasteiger partial charge in [-0.25, -0.2) is 0 Å². The second kappa shape index (κ2) is 24.6. The Morgan fingerprint density at radius 3 is 1.94 bits per heavy atom. The summed E-state index contributed by atoms with van der Waals surface area (Å²) in [5, 5.41) is 99.2. The Kier molecular flexibility index (Phi) is 20.8. The molecule has 4 aliphatic heterocycles. The van der Waals surface area contributed by atoms with Crippen LogP contribution in [0.25, 0.3) is 0 Å². The largest absolute Gasteiger partial charge is 0.462 e. The summed E-state index contributed by atoms with van der Waals surface area (Å²) in [6.07, 6.45) is 1.95. The molecule has 0 saturated carbocycles. The van der Waals surface area contributed by atoms with E-state index in [1.165, 1.54) is 6.92 Å². The predicted octanol–water partition coefficient (Wildman–Crippen LogP) is 3.00. The zero-order chi connectivity index (χ0) is 47.5. The second-order valence-corrected chi connectivity index (χ2v) is 18.8. The standard InChI is InChI=1S/C48H78O16/c1-9-38-29(4)45(63-42-24-36(51)28(3)31(6)59-42)27(2)18-16-14-12-10-11-13-15-17-19-34(61-46-44(56)30(5)43(55)32(7)60-46)23-40-47(8,57)39(53)26-48(58,64-40)25-33(49)22-37(52)35(50)20-21-41(54)62-38/h10-19,27-40,42-46,49-53,55-58H,9,20-26H2,1-8H3/b11-10+,14-12+,15-13+,18-16+,19-17+/t27?,28-,29?,30-,31-,32+,33-,34?,35+,36+,37+,38?,39-,40?,42-,43-,44-,45?,46-,47-,48+/m0/s1.